The van der Waals surface area contributed by atoms with Crippen LogP contribution in [-0.2, 0) is 6.54 Å². The predicted octanol–water partition coefficient (Wildman–Crippen LogP) is 3.29. The maximum atomic E-state index is 5.97. The van der Waals surface area contributed by atoms with Crippen LogP contribution in [0.2, 0.25) is 5.02 Å². The molecule has 0 atom stereocenters. The molecule has 0 bridgehead atoms. The van der Waals surface area contributed by atoms with Gasteiger partial charge in [0.1, 0.15) is 23.0 Å². The van der Waals surface area contributed by atoms with E-state index in [-0.39, 0.29) is 0 Å². The van der Waals surface area contributed by atoms with E-state index in [2.05, 4.69) is 46.4 Å². The molecule has 0 aliphatic rings. The number of aromatic nitrogens is 5. The van der Waals surface area contributed by atoms with Crippen LogP contribution in [0.25, 0.3) is 11.4 Å². The molecule has 0 saturated heterocycles. The molecule has 0 amide bonds. The van der Waals surface area contributed by atoms with Gasteiger partial charge in [-0.15, -0.1) is 0 Å². The summed E-state index contributed by atoms with van der Waals surface area (Å²) in [5, 5.41) is 10.6. The van der Waals surface area contributed by atoms with E-state index in [0.29, 0.717) is 29.0 Å². The molecule has 0 spiro atoms. The van der Waals surface area contributed by atoms with Gasteiger partial charge in [-0.25, -0.2) is 15.0 Å². The summed E-state index contributed by atoms with van der Waals surface area (Å²) in [6.07, 6.45) is 2.96. The SMILES string of the molecule is Clc1cncnc1NCc1nc(-c2ccc(Br)cc2)n[nH]1. The van der Waals surface area contributed by atoms with Crippen LogP contribution in [-0.4, -0.2) is 25.1 Å². The van der Waals surface area contributed by atoms with Crippen molar-refractivity contribution in [1.29, 1.82) is 0 Å². The quantitative estimate of drug-likeness (QED) is 0.741. The molecule has 8 heteroatoms. The van der Waals surface area contributed by atoms with Crippen LogP contribution in [0.1, 0.15) is 5.82 Å². The number of H-pyrrole nitrogens is 1. The molecule has 0 aliphatic heterocycles. The van der Waals surface area contributed by atoms with Crippen LogP contribution in [0, 0.1) is 0 Å². The Bertz CT molecular complexity index is 742. The zero-order valence-corrected chi connectivity index (χ0v) is 13.1. The fraction of sp³-hybridized carbons (Fsp3) is 0.0769. The Morgan fingerprint density at radius 2 is 2.05 bits per heavy atom. The van der Waals surface area contributed by atoms with Crippen LogP contribution in [0.4, 0.5) is 5.82 Å². The minimum absolute atomic E-state index is 0.445. The summed E-state index contributed by atoms with van der Waals surface area (Å²) in [6.45, 7) is 0.445. The third kappa shape index (κ3) is 3.37. The van der Waals surface area contributed by atoms with Crippen molar-refractivity contribution in [2.75, 3.05) is 5.32 Å². The average molecular weight is 366 g/mol. The van der Waals surface area contributed by atoms with Crippen LogP contribution in [0.5, 0.6) is 0 Å². The molecule has 6 nitrogen and oxygen atoms in total. The van der Waals surface area contributed by atoms with Gasteiger partial charge in [-0.1, -0.05) is 39.7 Å². The smallest absolute Gasteiger partial charge is 0.181 e. The van der Waals surface area contributed by atoms with Crippen LogP contribution >= 0.6 is 27.5 Å². The van der Waals surface area contributed by atoms with Gasteiger partial charge in [0.2, 0.25) is 0 Å². The van der Waals surface area contributed by atoms with Crippen molar-refractivity contribution < 1.29 is 0 Å². The second-order valence-corrected chi connectivity index (χ2v) is 5.51. The molecule has 3 aromatic rings. The van der Waals surface area contributed by atoms with Gasteiger partial charge in [-0.05, 0) is 12.1 Å². The third-order valence-corrected chi connectivity index (χ3v) is 3.53. The minimum Gasteiger partial charge on any atom is -0.361 e. The number of aromatic amines is 1. The Kier molecular flexibility index (Phi) is 4.12. The van der Waals surface area contributed by atoms with Gasteiger partial charge in [0.25, 0.3) is 0 Å². The van der Waals surface area contributed by atoms with E-state index in [0.717, 1.165) is 10.0 Å². The van der Waals surface area contributed by atoms with Gasteiger partial charge in [0.15, 0.2) is 5.82 Å². The number of anilines is 1. The molecule has 106 valence electrons. The zero-order chi connectivity index (χ0) is 14.7. The van der Waals surface area contributed by atoms with Crippen molar-refractivity contribution in [1.82, 2.24) is 25.1 Å². The first-order valence-electron chi connectivity index (χ1n) is 6.09. The van der Waals surface area contributed by atoms with E-state index in [1.165, 1.54) is 12.5 Å². The first-order chi connectivity index (χ1) is 10.2. The first-order valence-corrected chi connectivity index (χ1v) is 7.26. The average Bonchev–Trinajstić information content (AvgIpc) is 2.96. The molecule has 0 aliphatic carbocycles. The monoisotopic (exact) mass is 364 g/mol. The molecule has 0 saturated carbocycles. The Morgan fingerprint density at radius 3 is 2.81 bits per heavy atom. The molecule has 0 fully saturated rings. The maximum absolute atomic E-state index is 5.97. The minimum atomic E-state index is 0.445. The normalized spacial score (nSPS) is 10.6. The van der Waals surface area contributed by atoms with Gasteiger partial charge in [0, 0.05) is 10.0 Å². The Hall–Kier alpha value is -1.99. The standard InChI is InChI=1S/C13H10BrClN6/c14-9-3-1-8(2-4-9)12-19-11(20-21-12)6-17-13-10(15)5-16-7-18-13/h1-5,7H,6H2,(H,16,17,18)(H,19,20,21). The lowest BCUT2D eigenvalue weighted by atomic mass is 10.2. The molecular formula is C13H10BrClN6. The highest BCUT2D eigenvalue weighted by molar-refractivity contribution is 9.10. The highest BCUT2D eigenvalue weighted by Crippen LogP contribution is 2.19. The summed E-state index contributed by atoms with van der Waals surface area (Å²) in [7, 11) is 0. The number of halogens is 2. The molecule has 0 radical (unpaired) electrons. The largest absolute Gasteiger partial charge is 0.361 e. The molecule has 2 N–H and O–H groups in total. The molecule has 1 aromatic carbocycles. The number of nitrogens with zero attached hydrogens (tertiary/aromatic N) is 4. The molecule has 21 heavy (non-hydrogen) atoms. The molecule has 2 aromatic heterocycles. The number of hydrogen-bond donors (Lipinski definition) is 2. The van der Waals surface area contributed by atoms with E-state index in [4.69, 9.17) is 11.6 Å². The molecular weight excluding hydrogens is 356 g/mol. The summed E-state index contributed by atoms with van der Waals surface area (Å²) < 4.78 is 1.02. The van der Waals surface area contributed by atoms with Crippen LogP contribution < -0.4 is 5.32 Å². The van der Waals surface area contributed by atoms with E-state index in [1.807, 2.05) is 24.3 Å². The zero-order valence-electron chi connectivity index (χ0n) is 10.7. The summed E-state index contributed by atoms with van der Waals surface area (Å²) in [5.74, 6) is 1.91. The molecule has 0 unspecified atom stereocenters. The van der Waals surface area contributed by atoms with Crippen molar-refractivity contribution >= 4 is 33.3 Å². The molecule has 3 rings (SSSR count). The highest BCUT2D eigenvalue weighted by Gasteiger charge is 2.07. The topological polar surface area (TPSA) is 79.4 Å². The number of benzene rings is 1. The summed E-state index contributed by atoms with van der Waals surface area (Å²) >= 11 is 9.37. The number of rotatable bonds is 4. The fourth-order valence-electron chi connectivity index (χ4n) is 1.71. The van der Waals surface area contributed by atoms with E-state index >= 15 is 0 Å². The van der Waals surface area contributed by atoms with Gasteiger partial charge in [-0.2, -0.15) is 5.10 Å². The third-order valence-electron chi connectivity index (χ3n) is 2.73. The Balaban J connectivity index is 1.71. The second kappa shape index (κ2) is 6.19. The van der Waals surface area contributed by atoms with Gasteiger partial charge < -0.3 is 5.32 Å². The Labute approximate surface area is 134 Å². The number of hydrogen-bond acceptors (Lipinski definition) is 5. The summed E-state index contributed by atoms with van der Waals surface area (Å²) in [4.78, 5) is 12.3. The highest BCUT2D eigenvalue weighted by atomic mass is 79.9. The van der Waals surface area contributed by atoms with Crippen molar-refractivity contribution in [2.45, 2.75) is 6.54 Å². The van der Waals surface area contributed by atoms with Crippen molar-refractivity contribution in [2.24, 2.45) is 0 Å². The lowest BCUT2D eigenvalue weighted by Crippen LogP contribution is -2.03. The van der Waals surface area contributed by atoms with Crippen molar-refractivity contribution in [3.05, 3.63) is 52.1 Å². The summed E-state index contributed by atoms with van der Waals surface area (Å²) in [5.41, 5.74) is 0.945. The van der Waals surface area contributed by atoms with E-state index in [1.54, 1.807) is 0 Å². The van der Waals surface area contributed by atoms with Crippen LogP contribution in [0.15, 0.2) is 41.3 Å². The summed E-state index contributed by atoms with van der Waals surface area (Å²) in [6, 6.07) is 7.80. The van der Waals surface area contributed by atoms with Crippen molar-refractivity contribution in [3.8, 4) is 11.4 Å². The predicted molar refractivity (Wildman–Crippen MR) is 83.9 cm³/mol. The first kappa shape index (κ1) is 14.0. The number of nitrogens with one attached hydrogen (secondary N) is 2. The molecule has 2 heterocycles. The Morgan fingerprint density at radius 1 is 1.24 bits per heavy atom. The van der Waals surface area contributed by atoms with Gasteiger partial charge in [-0.3, -0.25) is 5.10 Å². The van der Waals surface area contributed by atoms with Gasteiger partial charge >= 0.3 is 0 Å². The second-order valence-electron chi connectivity index (χ2n) is 4.19. The lowest BCUT2D eigenvalue weighted by molar-refractivity contribution is 0.945. The van der Waals surface area contributed by atoms with E-state index in [9.17, 15) is 0 Å². The fourth-order valence-corrected chi connectivity index (χ4v) is 2.15. The van der Waals surface area contributed by atoms with Gasteiger partial charge in [0.05, 0.1) is 12.7 Å². The maximum Gasteiger partial charge on any atom is 0.181 e. The van der Waals surface area contributed by atoms with Crippen molar-refractivity contribution in [3.63, 3.8) is 0 Å². The van der Waals surface area contributed by atoms with Crippen LogP contribution in [0.3, 0.4) is 0 Å². The lowest BCUT2D eigenvalue weighted by Gasteiger charge is -2.03. The van der Waals surface area contributed by atoms with E-state index < -0.39 is 0 Å².